The number of amides is 2. The minimum absolute atomic E-state index is 0.102. The maximum absolute atomic E-state index is 13.0. The van der Waals surface area contributed by atoms with Crippen molar-refractivity contribution in [2.75, 3.05) is 36.5 Å². The predicted molar refractivity (Wildman–Crippen MR) is 114 cm³/mol. The maximum Gasteiger partial charge on any atom is 0.418 e. The Labute approximate surface area is 177 Å². The van der Waals surface area contributed by atoms with Gasteiger partial charge < -0.3 is 10.6 Å². The van der Waals surface area contributed by atoms with E-state index in [9.17, 15) is 22.8 Å². The molecule has 0 aliphatic heterocycles. The van der Waals surface area contributed by atoms with Gasteiger partial charge in [-0.25, -0.2) is 0 Å². The third-order valence-electron chi connectivity index (χ3n) is 3.85. The van der Waals surface area contributed by atoms with Gasteiger partial charge in [0.1, 0.15) is 0 Å². The Morgan fingerprint density at radius 3 is 2.13 bits per heavy atom. The highest BCUT2D eigenvalue weighted by Crippen LogP contribution is 2.34. The molecule has 9 heteroatoms. The van der Waals surface area contributed by atoms with Crippen molar-refractivity contribution in [2.24, 2.45) is 0 Å². The topological polar surface area (TPSA) is 61.4 Å². The largest absolute Gasteiger partial charge is 0.418 e. The Kier molecular flexibility index (Phi) is 8.49. The molecule has 5 nitrogen and oxygen atoms in total. The van der Waals surface area contributed by atoms with Crippen LogP contribution in [0.2, 0.25) is 0 Å². The number of para-hydroxylation sites is 2. The zero-order valence-corrected chi connectivity index (χ0v) is 17.1. The molecule has 0 radical (unpaired) electrons. The molecule has 160 valence electrons. The van der Waals surface area contributed by atoms with E-state index < -0.39 is 17.6 Å². The lowest BCUT2D eigenvalue weighted by molar-refractivity contribution is -0.137. The van der Waals surface area contributed by atoms with Crippen LogP contribution in [0.1, 0.15) is 5.56 Å². The predicted octanol–water partition coefficient (Wildman–Crippen LogP) is 4.49. The average molecular weight is 437 g/mol. The van der Waals surface area contributed by atoms with Crippen LogP contribution in [-0.4, -0.2) is 42.6 Å². The summed E-state index contributed by atoms with van der Waals surface area (Å²) in [7, 11) is 1.53. The molecule has 2 aromatic rings. The zero-order chi connectivity index (χ0) is 22.1. The molecule has 2 amide bonds. The maximum atomic E-state index is 13.0. The standard InChI is InChI=1S/C21H22F3N3O2S/c1-3-12-30-18-11-7-6-10-17(18)26-20(29)14-27(2)13-19(28)25-16-9-5-4-8-15(16)21(22,23)24/h3-11H,1,12-14H2,2H3,(H,25,28)(H,26,29). The van der Waals surface area contributed by atoms with Gasteiger partial charge in [0, 0.05) is 10.6 Å². The number of carbonyl (C=O) groups excluding carboxylic acids is 2. The quantitative estimate of drug-likeness (QED) is 0.448. The SMILES string of the molecule is C=CCSc1ccccc1NC(=O)CN(C)CC(=O)Nc1ccccc1C(F)(F)F. The average Bonchev–Trinajstić information content (AvgIpc) is 2.66. The molecule has 0 unspecified atom stereocenters. The monoisotopic (exact) mass is 437 g/mol. The highest BCUT2D eigenvalue weighted by Gasteiger charge is 2.33. The molecule has 0 spiro atoms. The minimum atomic E-state index is -4.58. The summed E-state index contributed by atoms with van der Waals surface area (Å²) in [5, 5.41) is 5.04. The van der Waals surface area contributed by atoms with Crippen molar-refractivity contribution in [1.82, 2.24) is 4.90 Å². The van der Waals surface area contributed by atoms with E-state index in [2.05, 4.69) is 17.2 Å². The summed E-state index contributed by atoms with van der Waals surface area (Å²) in [6.07, 6.45) is -2.82. The first kappa shape index (κ1) is 23.5. The van der Waals surface area contributed by atoms with Crippen molar-refractivity contribution in [3.8, 4) is 0 Å². The Balaban J connectivity index is 1.92. The number of benzene rings is 2. The molecule has 0 aliphatic rings. The van der Waals surface area contributed by atoms with Crippen LogP contribution >= 0.6 is 11.8 Å². The number of likely N-dealkylation sites (N-methyl/N-ethyl adjacent to an activating group) is 1. The van der Waals surface area contributed by atoms with Crippen molar-refractivity contribution in [1.29, 1.82) is 0 Å². The van der Waals surface area contributed by atoms with Gasteiger partial charge in [-0.2, -0.15) is 13.2 Å². The summed E-state index contributed by atoms with van der Waals surface area (Å²) >= 11 is 1.52. The number of nitrogens with zero attached hydrogens (tertiary/aromatic N) is 1. The molecule has 0 aliphatic carbocycles. The van der Waals surface area contributed by atoms with Gasteiger partial charge in [0.2, 0.25) is 11.8 Å². The molecular weight excluding hydrogens is 415 g/mol. The van der Waals surface area contributed by atoms with Gasteiger partial charge in [-0.05, 0) is 31.3 Å². The van der Waals surface area contributed by atoms with Crippen molar-refractivity contribution < 1.29 is 22.8 Å². The molecule has 2 aromatic carbocycles. The molecule has 0 fully saturated rings. The van der Waals surface area contributed by atoms with Crippen LogP contribution in [0.15, 0.2) is 66.1 Å². The Bertz CT molecular complexity index is 903. The van der Waals surface area contributed by atoms with E-state index in [1.54, 1.807) is 18.2 Å². The van der Waals surface area contributed by atoms with Gasteiger partial charge in [0.15, 0.2) is 0 Å². The smallest absolute Gasteiger partial charge is 0.324 e. The fourth-order valence-corrected chi connectivity index (χ4v) is 3.36. The normalized spacial score (nSPS) is 11.2. The van der Waals surface area contributed by atoms with Crippen LogP contribution in [0.25, 0.3) is 0 Å². The zero-order valence-electron chi connectivity index (χ0n) is 16.3. The number of anilines is 2. The summed E-state index contributed by atoms with van der Waals surface area (Å²) in [6.45, 7) is 3.32. The van der Waals surface area contributed by atoms with Crippen LogP contribution in [0, 0.1) is 0 Å². The molecule has 2 rings (SSSR count). The van der Waals surface area contributed by atoms with Gasteiger partial charge in [-0.15, -0.1) is 18.3 Å². The lowest BCUT2D eigenvalue weighted by atomic mass is 10.1. The Hall–Kier alpha value is -2.78. The van der Waals surface area contributed by atoms with Crippen LogP contribution in [0.3, 0.4) is 0 Å². The van der Waals surface area contributed by atoms with E-state index in [0.29, 0.717) is 11.4 Å². The highest BCUT2D eigenvalue weighted by molar-refractivity contribution is 7.99. The van der Waals surface area contributed by atoms with Crippen LogP contribution in [0.5, 0.6) is 0 Å². The molecule has 0 aromatic heterocycles. The second-order valence-electron chi connectivity index (χ2n) is 6.41. The van der Waals surface area contributed by atoms with Gasteiger partial charge >= 0.3 is 6.18 Å². The van der Waals surface area contributed by atoms with E-state index in [1.807, 2.05) is 12.1 Å². The van der Waals surface area contributed by atoms with Gasteiger partial charge in [0.25, 0.3) is 0 Å². The molecular formula is C21H22F3N3O2S. The van der Waals surface area contributed by atoms with Crippen molar-refractivity contribution >= 4 is 35.0 Å². The van der Waals surface area contributed by atoms with E-state index in [1.165, 1.54) is 41.9 Å². The number of carbonyl (C=O) groups is 2. The fraction of sp³-hybridized carbons (Fsp3) is 0.238. The first-order chi connectivity index (χ1) is 14.2. The van der Waals surface area contributed by atoms with Crippen LogP contribution in [0.4, 0.5) is 24.5 Å². The number of hydrogen-bond donors (Lipinski definition) is 2. The summed E-state index contributed by atoms with van der Waals surface area (Å²) in [6, 6.07) is 12.0. The van der Waals surface area contributed by atoms with E-state index in [0.717, 1.165) is 11.0 Å². The van der Waals surface area contributed by atoms with E-state index in [4.69, 9.17) is 0 Å². The van der Waals surface area contributed by atoms with Crippen molar-refractivity contribution in [3.63, 3.8) is 0 Å². The van der Waals surface area contributed by atoms with Crippen molar-refractivity contribution in [3.05, 3.63) is 66.7 Å². The van der Waals surface area contributed by atoms with Gasteiger partial charge in [0.05, 0.1) is 30.0 Å². The third-order valence-corrected chi connectivity index (χ3v) is 4.92. The Morgan fingerprint density at radius 1 is 1.00 bits per heavy atom. The van der Waals surface area contributed by atoms with Crippen LogP contribution in [-0.2, 0) is 15.8 Å². The number of thioether (sulfide) groups is 1. The molecule has 0 bridgehead atoms. The lowest BCUT2D eigenvalue weighted by Crippen LogP contribution is -2.36. The first-order valence-electron chi connectivity index (χ1n) is 8.98. The molecule has 0 saturated heterocycles. The third kappa shape index (κ3) is 7.23. The van der Waals surface area contributed by atoms with Crippen LogP contribution < -0.4 is 10.6 Å². The fourth-order valence-electron chi connectivity index (χ4n) is 2.61. The highest BCUT2D eigenvalue weighted by atomic mass is 32.2. The second kappa shape index (κ2) is 10.8. The van der Waals surface area contributed by atoms with E-state index >= 15 is 0 Å². The Morgan fingerprint density at radius 2 is 1.53 bits per heavy atom. The number of rotatable bonds is 9. The molecule has 0 heterocycles. The molecule has 0 atom stereocenters. The van der Waals surface area contributed by atoms with E-state index in [-0.39, 0.29) is 24.7 Å². The molecule has 0 saturated carbocycles. The summed E-state index contributed by atoms with van der Waals surface area (Å²) < 4.78 is 39.1. The summed E-state index contributed by atoms with van der Waals surface area (Å²) in [5.41, 5.74) is -0.597. The van der Waals surface area contributed by atoms with Crippen molar-refractivity contribution in [2.45, 2.75) is 11.1 Å². The number of halogens is 3. The number of alkyl halides is 3. The molecule has 30 heavy (non-hydrogen) atoms. The van der Waals surface area contributed by atoms with Gasteiger partial charge in [-0.1, -0.05) is 30.3 Å². The number of nitrogens with one attached hydrogen (secondary N) is 2. The molecule has 2 N–H and O–H groups in total. The van der Waals surface area contributed by atoms with Gasteiger partial charge in [-0.3, -0.25) is 14.5 Å². The lowest BCUT2D eigenvalue weighted by Gasteiger charge is -2.18. The summed E-state index contributed by atoms with van der Waals surface area (Å²) in [4.78, 5) is 26.8. The first-order valence-corrected chi connectivity index (χ1v) is 9.96. The minimum Gasteiger partial charge on any atom is -0.324 e. The second-order valence-corrected chi connectivity index (χ2v) is 7.47. The summed E-state index contributed by atoms with van der Waals surface area (Å²) in [5.74, 6) is -0.302. The number of hydrogen-bond acceptors (Lipinski definition) is 4.